The van der Waals surface area contributed by atoms with Gasteiger partial charge in [-0.15, -0.1) is 0 Å². The zero-order chi connectivity index (χ0) is 18.6. The normalized spacial score (nSPS) is 11.9. The van der Waals surface area contributed by atoms with Crippen LogP contribution in [0.25, 0.3) is 0 Å². The van der Waals surface area contributed by atoms with E-state index in [1.165, 1.54) is 38.5 Å². The number of unbranched alkanes of at least 4 members (excludes halogenated alkanes) is 8. The summed E-state index contributed by atoms with van der Waals surface area (Å²) in [7, 11) is -4.12. The molecule has 8 heteroatoms. The number of hydrogen-bond acceptors (Lipinski definition) is 7. The molecule has 0 amide bonds. The van der Waals surface area contributed by atoms with E-state index in [2.05, 4.69) is 15.4 Å². The highest BCUT2D eigenvalue weighted by Crippen LogP contribution is 2.09. The van der Waals surface area contributed by atoms with Crippen LogP contribution in [0.15, 0.2) is 0 Å². The Balaban J connectivity index is 3.33. The van der Waals surface area contributed by atoms with Gasteiger partial charge in [-0.2, -0.15) is 8.42 Å². The van der Waals surface area contributed by atoms with Crippen LogP contribution >= 0.6 is 0 Å². The Hall–Kier alpha value is -0.250. The van der Waals surface area contributed by atoms with Gasteiger partial charge in [0.05, 0.1) is 33.0 Å². The number of hydrogen-bond donors (Lipinski definition) is 0. The summed E-state index contributed by atoms with van der Waals surface area (Å²) < 4.78 is 41.9. The molecule has 0 aliphatic rings. The molecule has 0 spiro atoms. The lowest BCUT2D eigenvalue weighted by Gasteiger charge is -2.06. The summed E-state index contributed by atoms with van der Waals surface area (Å²) in [5, 5.41) is 0. The predicted octanol–water partition coefficient (Wildman–Crippen LogP) is 3.78. The second-order valence-electron chi connectivity index (χ2n) is 5.76. The molecule has 0 rings (SSSR count). The molecule has 0 heterocycles. The van der Waals surface area contributed by atoms with E-state index >= 15 is 0 Å². The molecule has 0 unspecified atom stereocenters. The first-order chi connectivity index (χ1) is 12.1. The minimum Gasteiger partial charge on any atom is -0.379 e. The van der Waals surface area contributed by atoms with Crippen LogP contribution in [-0.2, 0) is 33.3 Å². The largest absolute Gasteiger partial charge is 0.426 e. The summed E-state index contributed by atoms with van der Waals surface area (Å²) in [6, 6.07) is 0. The molecule has 0 atom stereocenters. The fourth-order valence-electron chi connectivity index (χ4n) is 2.14. The predicted molar refractivity (Wildman–Crippen MR) is 96.4 cm³/mol. The first kappa shape index (κ1) is 24.8. The third-order valence-electron chi connectivity index (χ3n) is 3.49. The van der Waals surface area contributed by atoms with Crippen molar-refractivity contribution in [3.8, 4) is 0 Å². The lowest BCUT2D eigenvalue weighted by molar-refractivity contribution is -0.210. The molecule has 7 nitrogen and oxygen atoms in total. The molecule has 0 bridgehead atoms. The fraction of sp³-hybridized carbons (Fsp3) is 1.00. The van der Waals surface area contributed by atoms with Gasteiger partial charge >= 0.3 is 10.4 Å². The highest BCUT2D eigenvalue weighted by molar-refractivity contribution is 7.81. The van der Waals surface area contributed by atoms with Crippen molar-refractivity contribution >= 4 is 10.4 Å². The Morgan fingerprint density at radius 2 is 1.20 bits per heavy atom. The van der Waals surface area contributed by atoms with Crippen molar-refractivity contribution in [2.24, 2.45) is 0 Å². The van der Waals surface area contributed by atoms with Gasteiger partial charge in [0.15, 0.2) is 0 Å². The van der Waals surface area contributed by atoms with E-state index in [9.17, 15) is 8.42 Å². The van der Waals surface area contributed by atoms with E-state index in [1.807, 2.05) is 6.92 Å². The topological polar surface area (TPSA) is 80.3 Å². The van der Waals surface area contributed by atoms with Crippen LogP contribution < -0.4 is 0 Å². The highest BCUT2D eigenvalue weighted by atomic mass is 32.3. The summed E-state index contributed by atoms with van der Waals surface area (Å²) in [5.74, 6) is 0. The Labute approximate surface area is 153 Å². The van der Waals surface area contributed by atoms with E-state index in [1.54, 1.807) is 0 Å². The van der Waals surface area contributed by atoms with E-state index in [0.717, 1.165) is 19.3 Å². The minimum atomic E-state index is -4.12. The van der Waals surface area contributed by atoms with Gasteiger partial charge in [-0.05, 0) is 13.3 Å². The highest BCUT2D eigenvalue weighted by Gasteiger charge is 2.12. The SMILES string of the molecule is CCCCCCCCCCCOOS(=O)(=O)OCCOCCOCC. The number of ether oxygens (including phenoxy) is 2. The molecule has 0 aromatic heterocycles. The molecule has 0 radical (unpaired) electrons. The maximum Gasteiger partial charge on any atom is 0.426 e. The van der Waals surface area contributed by atoms with Gasteiger partial charge in [0.25, 0.3) is 0 Å². The van der Waals surface area contributed by atoms with Crippen LogP contribution in [0.5, 0.6) is 0 Å². The van der Waals surface area contributed by atoms with E-state index in [-0.39, 0.29) is 19.8 Å². The summed E-state index contributed by atoms with van der Waals surface area (Å²) in [6.07, 6.45) is 10.6. The first-order valence-corrected chi connectivity index (χ1v) is 10.8. The lowest BCUT2D eigenvalue weighted by Crippen LogP contribution is -2.16. The van der Waals surface area contributed by atoms with Crippen molar-refractivity contribution < 1.29 is 31.3 Å². The van der Waals surface area contributed by atoms with Gasteiger partial charge in [0.1, 0.15) is 0 Å². The third-order valence-corrected chi connectivity index (χ3v) is 4.21. The molecule has 0 saturated heterocycles. The van der Waals surface area contributed by atoms with E-state index < -0.39 is 10.4 Å². The van der Waals surface area contributed by atoms with Crippen LogP contribution in [0.2, 0.25) is 0 Å². The van der Waals surface area contributed by atoms with Crippen LogP contribution in [-0.4, -0.2) is 48.1 Å². The van der Waals surface area contributed by atoms with Gasteiger partial charge in [-0.25, -0.2) is 9.07 Å². The molecular formula is C17H36O7S. The van der Waals surface area contributed by atoms with Gasteiger partial charge in [-0.3, -0.25) is 0 Å². The average molecular weight is 385 g/mol. The standard InChI is InChI=1S/C17H36O7S/c1-3-5-6-7-8-9-10-11-12-13-22-24-25(18,19)23-17-16-21-15-14-20-4-2/h3-17H2,1-2H3. The Bertz CT molecular complexity index is 360. The Kier molecular flexibility index (Phi) is 18.4. The molecule has 0 aromatic rings. The van der Waals surface area contributed by atoms with Gasteiger partial charge in [-0.1, -0.05) is 62.6 Å². The first-order valence-electron chi connectivity index (χ1n) is 9.48. The van der Waals surface area contributed by atoms with Crippen molar-refractivity contribution in [2.45, 2.75) is 71.6 Å². The third kappa shape index (κ3) is 19.9. The van der Waals surface area contributed by atoms with Crippen LogP contribution in [0.3, 0.4) is 0 Å². The van der Waals surface area contributed by atoms with E-state index in [4.69, 9.17) is 14.4 Å². The average Bonchev–Trinajstić information content (AvgIpc) is 2.59. The van der Waals surface area contributed by atoms with Crippen molar-refractivity contribution in [3.63, 3.8) is 0 Å². The monoisotopic (exact) mass is 384 g/mol. The van der Waals surface area contributed by atoms with Gasteiger partial charge in [0.2, 0.25) is 0 Å². The minimum absolute atomic E-state index is 0.115. The molecule has 25 heavy (non-hydrogen) atoms. The van der Waals surface area contributed by atoms with Crippen molar-refractivity contribution in [2.75, 3.05) is 39.6 Å². The molecule has 0 aromatic carbocycles. The van der Waals surface area contributed by atoms with Gasteiger partial charge in [0, 0.05) is 6.61 Å². The Morgan fingerprint density at radius 1 is 0.640 bits per heavy atom. The molecular weight excluding hydrogens is 348 g/mol. The summed E-state index contributed by atoms with van der Waals surface area (Å²) >= 11 is 0. The summed E-state index contributed by atoms with van der Waals surface area (Å²) in [5.41, 5.74) is 0. The second kappa shape index (κ2) is 18.5. The van der Waals surface area contributed by atoms with Crippen LogP contribution in [0.1, 0.15) is 71.6 Å². The number of rotatable bonds is 20. The quantitative estimate of drug-likeness (QED) is 0.179. The molecule has 0 fully saturated rings. The lowest BCUT2D eigenvalue weighted by atomic mass is 10.1. The molecule has 0 aliphatic carbocycles. The van der Waals surface area contributed by atoms with Crippen molar-refractivity contribution in [1.29, 1.82) is 0 Å². The van der Waals surface area contributed by atoms with Crippen molar-refractivity contribution in [3.05, 3.63) is 0 Å². The van der Waals surface area contributed by atoms with E-state index in [0.29, 0.717) is 19.8 Å². The zero-order valence-electron chi connectivity index (χ0n) is 15.9. The van der Waals surface area contributed by atoms with Gasteiger partial charge < -0.3 is 9.47 Å². The maximum atomic E-state index is 11.4. The van der Waals surface area contributed by atoms with Crippen LogP contribution in [0, 0.1) is 0 Å². The summed E-state index contributed by atoms with van der Waals surface area (Å²) in [4.78, 5) is 4.69. The smallest absolute Gasteiger partial charge is 0.379 e. The maximum absolute atomic E-state index is 11.4. The fourth-order valence-corrected chi connectivity index (χ4v) is 2.64. The Morgan fingerprint density at radius 3 is 1.84 bits per heavy atom. The molecule has 0 N–H and O–H groups in total. The zero-order valence-corrected chi connectivity index (χ0v) is 16.7. The molecule has 0 aliphatic heterocycles. The van der Waals surface area contributed by atoms with Crippen molar-refractivity contribution in [1.82, 2.24) is 0 Å². The summed E-state index contributed by atoms with van der Waals surface area (Å²) in [6.45, 7) is 5.87. The second-order valence-corrected chi connectivity index (χ2v) is 6.95. The molecule has 152 valence electrons. The molecule has 0 saturated carbocycles. The van der Waals surface area contributed by atoms with Crippen LogP contribution in [0.4, 0.5) is 0 Å².